The Morgan fingerprint density at radius 2 is 1.48 bits per heavy atom. The third-order valence-corrected chi connectivity index (χ3v) is 7.05. The summed E-state index contributed by atoms with van der Waals surface area (Å²) in [5, 5.41) is 0.345. The molecule has 1 heterocycles. The number of nitrogens with zero attached hydrogens (tertiary/aromatic N) is 1. The number of carbonyl (C=O) groups excluding carboxylic acids is 1. The van der Waals surface area contributed by atoms with E-state index in [-0.39, 0.29) is 15.4 Å². The number of hydrogen-bond acceptors (Lipinski definition) is 5. The van der Waals surface area contributed by atoms with Crippen LogP contribution in [0, 0.1) is 13.8 Å². The Labute approximate surface area is 181 Å². The second-order valence-electron chi connectivity index (χ2n) is 7.40. The van der Waals surface area contributed by atoms with Gasteiger partial charge in [-0.3, -0.25) is 9.78 Å². The number of sulfone groups is 1. The highest BCUT2D eigenvalue weighted by atomic mass is 32.2. The van der Waals surface area contributed by atoms with Crippen molar-refractivity contribution in [3.05, 3.63) is 95.2 Å². The van der Waals surface area contributed by atoms with E-state index in [1.54, 1.807) is 54.6 Å². The highest BCUT2D eigenvalue weighted by Crippen LogP contribution is 2.34. The minimum Gasteiger partial charge on any atom is -0.497 e. The molecule has 0 bridgehead atoms. The lowest BCUT2D eigenvalue weighted by molar-refractivity contribution is 0.103. The van der Waals surface area contributed by atoms with Crippen LogP contribution in [0.1, 0.15) is 27.0 Å². The first-order chi connectivity index (χ1) is 14.8. The monoisotopic (exact) mass is 431 g/mol. The molecule has 0 aliphatic carbocycles. The number of ether oxygens (including phenoxy) is 1. The number of aromatic nitrogens is 1. The van der Waals surface area contributed by atoms with Gasteiger partial charge in [0.25, 0.3) is 0 Å². The molecule has 0 fully saturated rings. The van der Waals surface area contributed by atoms with Crippen molar-refractivity contribution in [2.45, 2.75) is 23.6 Å². The first-order valence-corrected chi connectivity index (χ1v) is 11.2. The van der Waals surface area contributed by atoms with Crippen molar-refractivity contribution in [1.29, 1.82) is 0 Å². The topological polar surface area (TPSA) is 73.3 Å². The molecule has 4 aromatic rings. The lowest BCUT2D eigenvalue weighted by atomic mass is 10.0. The second-order valence-corrected chi connectivity index (χ2v) is 9.28. The molecule has 0 saturated heterocycles. The number of methoxy groups -OCH3 is 1. The van der Waals surface area contributed by atoms with Crippen LogP contribution in [-0.4, -0.2) is 26.3 Å². The van der Waals surface area contributed by atoms with Crippen molar-refractivity contribution in [3.8, 4) is 5.75 Å². The van der Waals surface area contributed by atoms with E-state index in [1.807, 2.05) is 26.0 Å². The first-order valence-electron chi connectivity index (χ1n) is 9.71. The zero-order valence-electron chi connectivity index (χ0n) is 17.4. The van der Waals surface area contributed by atoms with Crippen LogP contribution in [-0.2, 0) is 9.84 Å². The van der Waals surface area contributed by atoms with Gasteiger partial charge < -0.3 is 4.74 Å². The zero-order chi connectivity index (χ0) is 22.2. The third-order valence-electron chi connectivity index (χ3n) is 5.18. The van der Waals surface area contributed by atoms with Crippen molar-refractivity contribution in [3.63, 3.8) is 0 Å². The summed E-state index contributed by atoms with van der Waals surface area (Å²) in [4.78, 5) is 17.8. The molecule has 0 atom stereocenters. The summed E-state index contributed by atoms with van der Waals surface area (Å²) in [6.07, 6.45) is 1.35. The van der Waals surface area contributed by atoms with E-state index in [4.69, 9.17) is 4.74 Å². The van der Waals surface area contributed by atoms with Gasteiger partial charge in [0.1, 0.15) is 5.75 Å². The van der Waals surface area contributed by atoms with Crippen LogP contribution in [0.2, 0.25) is 0 Å². The Hall–Kier alpha value is -3.51. The van der Waals surface area contributed by atoms with Gasteiger partial charge in [0.15, 0.2) is 5.78 Å². The van der Waals surface area contributed by atoms with E-state index in [0.29, 0.717) is 22.2 Å². The largest absolute Gasteiger partial charge is 0.497 e. The SMILES string of the molecule is COc1ccc2ncc(C(=O)c3ccc(C)cc3)c(S(=O)(=O)c3ccc(C)cc3)c2c1. The number of pyridine rings is 1. The molecule has 0 N–H and O–H groups in total. The average molecular weight is 432 g/mol. The zero-order valence-corrected chi connectivity index (χ0v) is 18.2. The summed E-state index contributed by atoms with van der Waals surface area (Å²) >= 11 is 0. The molecular formula is C25H21NO4S. The van der Waals surface area contributed by atoms with Crippen LogP contribution in [0.5, 0.6) is 5.75 Å². The molecule has 5 nitrogen and oxygen atoms in total. The van der Waals surface area contributed by atoms with Crippen LogP contribution < -0.4 is 4.74 Å². The van der Waals surface area contributed by atoms with Gasteiger partial charge in [-0.2, -0.15) is 0 Å². The van der Waals surface area contributed by atoms with Crippen LogP contribution >= 0.6 is 0 Å². The average Bonchev–Trinajstić information content (AvgIpc) is 2.78. The van der Waals surface area contributed by atoms with Crippen molar-refractivity contribution in [2.75, 3.05) is 7.11 Å². The number of ketones is 1. The standard InChI is InChI=1S/C25H21NO4S/c1-16-4-8-18(9-5-16)24(27)22-15-26-23-13-10-19(30-3)14-21(23)25(22)31(28,29)20-11-6-17(2)7-12-20/h4-15H,1-3H3. The number of benzene rings is 3. The summed E-state index contributed by atoms with van der Waals surface area (Å²) in [5.74, 6) is 0.0810. The lowest BCUT2D eigenvalue weighted by Gasteiger charge is -2.14. The van der Waals surface area contributed by atoms with Crippen molar-refractivity contribution in [2.24, 2.45) is 0 Å². The van der Waals surface area contributed by atoms with Gasteiger partial charge in [0.05, 0.1) is 28.0 Å². The van der Waals surface area contributed by atoms with E-state index in [2.05, 4.69) is 4.98 Å². The van der Waals surface area contributed by atoms with E-state index < -0.39 is 15.6 Å². The minimum atomic E-state index is -4.02. The molecule has 1 aromatic heterocycles. The van der Waals surface area contributed by atoms with Gasteiger partial charge in [-0.1, -0.05) is 47.5 Å². The van der Waals surface area contributed by atoms with Gasteiger partial charge in [0.2, 0.25) is 9.84 Å². The molecule has 0 aliphatic heterocycles. The normalized spacial score (nSPS) is 11.5. The van der Waals surface area contributed by atoms with Crippen LogP contribution in [0.25, 0.3) is 10.9 Å². The Kier molecular flexibility index (Phi) is 5.33. The molecule has 0 radical (unpaired) electrons. The summed E-state index contributed by atoms with van der Waals surface area (Å²) < 4.78 is 32.8. The van der Waals surface area contributed by atoms with E-state index in [9.17, 15) is 13.2 Å². The van der Waals surface area contributed by atoms with Gasteiger partial charge >= 0.3 is 0 Å². The lowest BCUT2D eigenvalue weighted by Crippen LogP contribution is -2.13. The van der Waals surface area contributed by atoms with Gasteiger partial charge in [-0.25, -0.2) is 8.42 Å². The van der Waals surface area contributed by atoms with Crippen LogP contribution in [0.4, 0.5) is 0 Å². The smallest absolute Gasteiger partial charge is 0.208 e. The van der Waals surface area contributed by atoms with Gasteiger partial charge in [0, 0.05) is 17.1 Å². The molecule has 0 aliphatic rings. The highest BCUT2D eigenvalue weighted by molar-refractivity contribution is 7.91. The molecule has 0 amide bonds. The molecular weight excluding hydrogens is 410 g/mol. The number of aryl methyl sites for hydroxylation is 2. The summed E-state index contributed by atoms with van der Waals surface area (Å²) in [5.41, 5.74) is 2.84. The molecule has 6 heteroatoms. The van der Waals surface area contributed by atoms with Gasteiger partial charge in [-0.15, -0.1) is 0 Å². The molecule has 4 rings (SSSR count). The van der Waals surface area contributed by atoms with Crippen molar-refractivity contribution in [1.82, 2.24) is 4.98 Å². The summed E-state index contributed by atoms with van der Waals surface area (Å²) in [6.45, 7) is 3.81. The molecule has 3 aromatic carbocycles. The fourth-order valence-corrected chi connectivity index (χ4v) is 5.04. The fourth-order valence-electron chi connectivity index (χ4n) is 3.42. The van der Waals surface area contributed by atoms with Gasteiger partial charge in [-0.05, 0) is 44.2 Å². The Morgan fingerprint density at radius 3 is 2.10 bits per heavy atom. The maximum atomic E-state index is 13.7. The summed E-state index contributed by atoms with van der Waals surface area (Å²) in [7, 11) is -2.51. The Balaban J connectivity index is 2.04. The Bertz CT molecular complexity index is 1390. The number of fused-ring (bicyclic) bond motifs is 1. The molecule has 156 valence electrons. The highest BCUT2D eigenvalue weighted by Gasteiger charge is 2.28. The second kappa shape index (κ2) is 7.96. The summed E-state index contributed by atoms with van der Waals surface area (Å²) in [6, 6.07) is 18.6. The van der Waals surface area contributed by atoms with Crippen LogP contribution in [0.3, 0.4) is 0 Å². The van der Waals surface area contributed by atoms with Crippen LogP contribution in [0.15, 0.2) is 82.7 Å². The third kappa shape index (κ3) is 3.82. The molecule has 0 saturated carbocycles. The van der Waals surface area contributed by atoms with Crippen molar-refractivity contribution < 1.29 is 17.9 Å². The quantitative estimate of drug-likeness (QED) is 0.419. The van der Waals surface area contributed by atoms with E-state index in [0.717, 1.165) is 11.1 Å². The Morgan fingerprint density at radius 1 is 0.871 bits per heavy atom. The molecule has 0 spiro atoms. The maximum Gasteiger partial charge on any atom is 0.208 e. The first kappa shape index (κ1) is 20.8. The number of rotatable bonds is 5. The molecule has 0 unspecified atom stereocenters. The predicted octanol–water partition coefficient (Wildman–Crippen LogP) is 4.92. The fraction of sp³-hybridized carbons (Fsp3) is 0.120. The van der Waals surface area contributed by atoms with E-state index >= 15 is 0 Å². The molecule has 31 heavy (non-hydrogen) atoms. The number of hydrogen-bond donors (Lipinski definition) is 0. The van der Waals surface area contributed by atoms with E-state index in [1.165, 1.54) is 13.3 Å². The maximum absolute atomic E-state index is 13.7. The predicted molar refractivity (Wildman–Crippen MR) is 120 cm³/mol. The minimum absolute atomic E-state index is 0.0326. The van der Waals surface area contributed by atoms with Crippen molar-refractivity contribution >= 4 is 26.5 Å². The number of carbonyl (C=O) groups is 1.